The standard InChI is InChI=1S/C24H26ClNO3/c1-3-27-22-11-9-21(10-12-22)26-16-18-8-13-23(24(15-18)28-4-2)29-17-19-6-5-7-20(25)14-19/h5-15,26H,3-4,16-17H2,1-2H3. The van der Waals surface area contributed by atoms with Gasteiger partial charge in [0.25, 0.3) is 0 Å². The van der Waals surface area contributed by atoms with Crippen molar-refractivity contribution in [1.82, 2.24) is 0 Å². The predicted octanol–water partition coefficient (Wildman–Crippen LogP) is 6.33. The van der Waals surface area contributed by atoms with Gasteiger partial charge < -0.3 is 19.5 Å². The highest BCUT2D eigenvalue weighted by Crippen LogP contribution is 2.30. The Balaban J connectivity index is 1.63. The van der Waals surface area contributed by atoms with Gasteiger partial charge in [-0.1, -0.05) is 29.8 Å². The second-order valence-electron chi connectivity index (χ2n) is 6.44. The molecule has 0 bridgehead atoms. The van der Waals surface area contributed by atoms with Crippen molar-refractivity contribution in [3.8, 4) is 17.2 Å². The Morgan fingerprint density at radius 3 is 2.28 bits per heavy atom. The average Bonchev–Trinajstić information content (AvgIpc) is 2.73. The maximum absolute atomic E-state index is 6.04. The zero-order chi connectivity index (χ0) is 20.5. The molecule has 0 saturated carbocycles. The first-order chi connectivity index (χ1) is 14.2. The lowest BCUT2D eigenvalue weighted by molar-refractivity contribution is 0.269. The van der Waals surface area contributed by atoms with E-state index in [1.165, 1.54) is 0 Å². The molecule has 0 spiro atoms. The molecule has 1 N–H and O–H groups in total. The highest BCUT2D eigenvalue weighted by Gasteiger charge is 2.08. The summed E-state index contributed by atoms with van der Waals surface area (Å²) in [6.07, 6.45) is 0. The van der Waals surface area contributed by atoms with Gasteiger partial charge >= 0.3 is 0 Å². The third-order valence-corrected chi connectivity index (χ3v) is 4.49. The second-order valence-corrected chi connectivity index (χ2v) is 6.88. The Hall–Kier alpha value is -2.85. The summed E-state index contributed by atoms with van der Waals surface area (Å²) in [6.45, 7) is 6.30. The Bertz CT molecular complexity index is 912. The summed E-state index contributed by atoms with van der Waals surface area (Å²) in [7, 11) is 0. The summed E-state index contributed by atoms with van der Waals surface area (Å²) < 4.78 is 17.2. The van der Waals surface area contributed by atoms with Gasteiger partial charge in [0, 0.05) is 17.3 Å². The van der Waals surface area contributed by atoms with Crippen molar-refractivity contribution in [3.05, 3.63) is 82.9 Å². The molecule has 0 aliphatic carbocycles. The monoisotopic (exact) mass is 411 g/mol. The number of ether oxygens (including phenoxy) is 3. The van der Waals surface area contributed by atoms with Gasteiger partial charge in [-0.3, -0.25) is 0 Å². The van der Waals surface area contributed by atoms with Crippen LogP contribution in [0.4, 0.5) is 5.69 Å². The van der Waals surface area contributed by atoms with E-state index in [4.69, 9.17) is 25.8 Å². The first-order valence-electron chi connectivity index (χ1n) is 9.77. The molecule has 0 atom stereocenters. The maximum Gasteiger partial charge on any atom is 0.161 e. The van der Waals surface area contributed by atoms with Crippen LogP contribution in [0, 0.1) is 0 Å². The first kappa shape index (κ1) is 20.9. The van der Waals surface area contributed by atoms with Crippen LogP contribution < -0.4 is 19.5 Å². The third kappa shape index (κ3) is 6.33. The van der Waals surface area contributed by atoms with Crippen LogP contribution in [0.15, 0.2) is 66.7 Å². The normalized spacial score (nSPS) is 10.4. The number of hydrogen-bond donors (Lipinski definition) is 1. The molecule has 3 aromatic carbocycles. The van der Waals surface area contributed by atoms with Crippen LogP contribution in [0.3, 0.4) is 0 Å². The van der Waals surface area contributed by atoms with E-state index in [0.717, 1.165) is 34.1 Å². The number of benzene rings is 3. The Morgan fingerprint density at radius 1 is 0.759 bits per heavy atom. The molecule has 0 aliphatic heterocycles. The van der Waals surface area contributed by atoms with E-state index in [1.54, 1.807) is 0 Å². The Labute approximate surface area is 177 Å². The van der Waals surface area contributed by atoms with E-state index < -0.39 is 0 Å². The third-order valence-electron chi connectivity index (χ3n) is 4.25. The lowest BCUT2D eigenvalue weighted by Crippen LogP contribution is -2.03. The molecule has 0 saturated heterocycles. The van der Waals surface area contributed by atoms with Gasteiger partial charge in [-0.2, -0.15) is 0 Å². The second kappa shape index (κ2) is 10.6. The van der Waals surface area contributed by atoms with Crippen molar-refractivity contribution in [3.63, 3.8) is 0 Å². The fourth-order valence-electron chi connectivity index (χ4n) is 2.88. The smallest absolute Gasteiger partial charge is 0.161 e. The van der Waals surface area contributed by atoms with E-state index in [2.05, 4.69) is 5.32 Å². The van der Waals surface area contributed by atoms with E-state index in [0.29, 0.717) is 31.4 Å². The first-order valence-corrected chi connectivity index (χ1v) is 10.2. The summed E-state index contributed by atoms with van der Waals surface area (Å²) in [5.41, 5.74) is 3.16. The minimum Gasteiger partial charge on any atom is -0.494 e. The molecule has 3 rings (SSSR count). The van der Waals surface area contributed by atoms with Crippen LogP contribution in [-0.4, -0.2) is 13.2 Å². The van der Waals surface area contributed by atoms with Crippen molar-refractivity contribution < 1.29 is 14.2 Å². The highest BCUT2D eigenvalue weighted by molar-refractivity contribution is 6.30. The van der Waals surface area contributed by atoms with Gasteiger partial charge in [0.05, 0.1) is 13.2 Å². The number of nitrogens with one attached hydrogen (secondary N) is 1. The fraction of sp³-hybridized carbons (Fsp3) is 0.250. The van der Waals surface area contributed by atoms with E-state index in [9.17, 15) is 0 Å². The number of halogens is 1. The average molecular weight is 412 g/mol. The minimum absolute atomic E-state index is 0.435. The quantitative estimate of drug-likeness (QED) is 0.423. The SMILES string of the molecule is CCOc1ccc(NCc2ccc(OCc3cccc(Cl)c3)c(OCC)c2)cc1. The topological polar surface area (TPSA) is 39.7 Å². The largest absolute Gasteiger partial charge is 0.494 e. The summed E-state index contributed by atoms with van der Waals surface area (Å²) in [5, 5.41) is 4.12. The molecule has 0 unspecified atom stereocenters. The fourth-order valence-corrected chi connectivity index (χ4v) is 3.09. The Morgan fingerprint density at radius 2 is 1.55 bits per heavy atom. The maximum atomic E-state index is 6.04. The van der Waals surface area contributed by atoms with Crippen molar-refractivity contribution in [2.75, 3.05) is 18.5 Å². The number of rotatable bonds is 10. The summed E-state index contributed by atoms with van der Waals surface area (Å²) in [5.74, 6) is 2.33. The molecule has 0 amide bonds. The number of anilines is 1. The molecule has 5 heteroatoms. The lowest BCUT2D eigenvalue weighted by Gasteiger charge is -2.14. The van der Waals surface area contributed by atoms with Crippen LogP contribution in [0.2, 0.25) is 5.02 Å². The van der Waals surface area contributed by atoms with Crippen molar-refractivity contribution in [1.29, 1.82) is 0 Å². The molecule has 4 nitrogen and oxygen atoms in total. The van der Waals surface area contributed by atoms with Gasteiger partial charge in [-0.25, -0.2) is 0 Å². The summed E-state index contributed by atoms with van der Waals surface area (Å²) in [4.78, 5) is 0. The summed E-state index contributed by atoms with van der Waals surface area (Å²) >= 11 is 6.04. The van der Waals surface area contributed by atoms with Crippen molar-refractivity contribution >= 4 is 17.3 Å². The van der Waals surface area contributed by atoms with Crippen LogP contribution in [0.25, 0.3) is 0 Å². The molecule has 0 aromatic heterocycles. The van der Waals surface area contributed by atoms with Crippen LogP contribution in [0.5, 0.6) is 17.2 Å². The summed E-state index contributed by atoms with van der Waals surface area (Å²) in [6, 6.07) is 21.6. The Kier molecular flexibility index (Phi) is 7.65. The lowest BCUT2D eigenvalue weighted by atomic mass is 10.2. The zero-order valence-corrected chi connectivity index (χ0v) is 17.5. The van der Waals surface area contributed by atoms with Crippen LogP contribution >= 0.6 is 11.6 Å². The van der Waals surface area contributed by atoms with Gasteiger partial charge in [-0.15, -0.1) is 0 Å². The van der Waals surface area contributed by atoms with Gasteiger partial charge in [0.2, 0.25) is 0 Å². The van der Waals surface area contributed by atoms with Gasteiger partial charge in [0.1, 0.15) is 12.4 Å². The zero-order valence-electron chi connectivity index (χ0n) is 16.8. The molecule has 0 fully saturated rings. The van der Waals surface area contributed by atoms with E-state index in [-0.39, 0.29) is 0 Å². The molecule has 0 heterocycles. The highest BCUT2D eigenvalue weighted by atomic mass is 35.5. The van der Waals surface area contributed by atoms with Crippen LogP contribution in [0.1, 0.15) is 25.0 Å². The number of hydrogen-bond acceptors (Lipinski definition) is 4. The molecule has 29 heavy (non-hydrogen) atoms. The predicted molar refractivity (Wildman–Crippen MR) is 118 cm³/mol. The van der Waals surface area contributed by atoms with Crippen LogP contribution in [-0.2, 0) is 13.2 Å². The van der Waals surface area contributed by atoms with Gasteiger partial charge in [-0.05, 0) is 73.5 Å². The van der Waals surface area contributed by atoms with E-state index >= 15 is 0 Å². The molecule has 152 valence electrons. The molecule has 3 aromatic rings. The molecular formula is C24H26ClNO3. The molecule has 0 radical (unpaired) electrons. The van der Waals surface area contributed by atoms with Crippen molar-refractivity contribution in [2.45, 2.75) is 27.0 Å². The van der Waals surface area contributed by atoms with E-state index in [1.807, 2.05) is 80.6 Å². The molecular weight excluding hydrogens is 386 g/mol. The van der Waals surface area contributed by atoms with Crippen molar-refractivity contribution in [2.24, 2.45) is 0 Å². The van der Waals surface area contributed by atoms with Gasteiger partial charge in [0.15, 0.2) is 11.5 Å². The molecule has 0 aliphatic rings. The minimum atomic E-state index is 0.435.